The maximum atomic E-state index is 11.6. The van der Waals surface area contributed by atoms with Gasteiger partial charge in [-0.1, -0.05) is 12.1 Å². The van der Waals surface area contributed by atoms with Crippen LogP contribution < -0.4 is 4.72 Å². The number of nitrogens with one attached hydrogen (secondary N) is 1. The average Bonchev–Trinajstić information content (AvgIpc) is 2.80. The normalized spacial score (nSPS) is 11.2. The maximum absolute atomic E-state index is 11.6. The maximum Gasteiger partial charge on any atom is 0.264 e. The second kappa shape index (κ2) is 5.23. The molecule has 0 fully saturated rings. The van der Waals surface area contributed by atoms with Crippen LogP contribution in [0.1, 0.15) is 15.9 Å². The summed E-state index contributed by atoms with van der Waals surface area (Å²) < 4.78 is 25.6. The number of hydrogen-bond donors (Lipinski definition) is 1. The van der Waals surface area contributed by atoms with E-state index in [2.05, 4.69) is 5.10 Å². The Morgan fingerprint density at radius 3 is 2.53 bits per heavy atom. The average molecular weight is 279 g/mol. The molecular weight excluding hydrogens is 266 g/mol. The van der Waals surface area contributed by atoms with E-state index in [0.29, 0.717) is 12.1 Å². The molecule has 1 N–H and O–H groups in total. The van der Waals surface area contributed by atoms with E-state index < -0.39 is 15.9 Å². The van der Waals surface area contributed by atoms with Crippen LogP contribution in [-0.2, 0) is 16.6 Å². The topological polar surface area (TPSA) is 81.1 Å². The lowest BCUT2D eigenvalue weighted by Crippen LogP contribution is -2.29. The third-order valence-corrected chi connectivity index (χ3v) is 2.95. The molecule has 2 rings (SSSR count). The van der Waals surface area contributed by atoms with Crippen molar-refractivity contribution in [2.24, 2.45) is 0 Å². The molecule has 0 aliphatic rings. The van der Waals surface area contributed by atoms with Gasteiger partial charge < -0.3 is 0 Å². The Hall–Kier alpha value is -2.15. The molecule has 0 aliphatic heterocycles. The molecule has 1 amide bonds. The fraction of sp³-hybridized carbons (Fsp3) is 0.167. The fourth-order valence-corrected chi connectivity index (χ4v) is 2.02. The summed E-state index contributed by atoms with van der Waals surface area (Å²) in [4.78, 5) is 11.6. The summed E-state index contributed by atoms with van der Waals surface area (Å²) in [5.74, 6) is -0.631. The number of aromatic nitrogens is 2. The van der Waals surface area contributed by atoms with Gasteiger partial charge in [-0.15, -0.1) is 0 Å². The molecule has 0 atom stereocenters. The zero-order chi connectivity index (χ0) is 13.9. The van der Waals surface area contributed by atoms with Crippen molar-refractivity contribution < 1.29 is 13.2 Å². The van der Waals surface area contributed by atoms with Gasteiger partial charge in [0.1, 0.15) is 0 Å². The van der Waals surface area contributed by atoms with Gasteiger partial charge in [-0.2, -0.15) is 5.10 Å². The van der Waals surface area contributed by atoms with Gasteiger partial charge in [-0.05, 0) is 23.8 Å². The SMILES string of the molecule is CS(=O)(=O)NC(=O)c1ccc(Cn2cccn2)cc1. The molecule has 19 heavy (non-hydrogen) atoms. The highest BCUT2D eigenvalue weighted by Crippen LogP contribution is 2.06. The first-order valence-electron chi connectivity index (χ1n) is 5.52. The lowest BCUT2D eigenvalue weighted by atomic mass is 10.1. The van der Waals surface area contributed by atoms with Gasteiger partial charge in [0.05, 0.1) is 12.8 Å². The Balaban J connectivity index is 2.08. The van der Waals surface area contributed by atoms with Crippen LogP contribution in [0.2, 0.25) is 0 Å². The van der Waals surface area contributed by atoms with E-state index in [9.17, 15) is 13.2 Å². The molecule has 0 radical (unpaired) electrons. The van der Waals surface area contributed by atoms with Crippen molar-refractivity contribution in [3.63, 3.8) is 0 Å². The first-order chi connectivity index (χ1) is 8.94. The highest BCUT2D eigenvalue weighted by molar-refractivity contribution is 7.89. The quantitative estimate of drug-likeness (QED) is 0.889. The molecule has 0 spiro atoms. The zero-order valence-corrected chi connectivity index (χ0v) is 11.1. The Kier molecular flexibility index (Phi) is 3.66. The number of sulfonamides is 1. The summed E-state index contributed by atoms with van der Waals surface area (Å²) >= 11 is 0. The highest BCUT2D eigenvalue weighted by Gasteiger charge is 2.10. The van der Waals surface area contributed by atoms with Gasteiger partial charge in [0.25, 0.3) is 5.91 Å². The van der Waals surface area contributed by atoms with Gasteiger partial charge in [0, 0.05) is 18.0 Å². The van der Waals surface area contributed by atoms with Crippen molar-refractivity contribution in [2.45, 2.75) is 6.54 Å². The summed E-state index contributed by atoms with van der Waals surface area (Å²) in [7, 11) is -3.54. The number of benzene rings is 1. The molecule has 0 aliphatic carbocycles. The second-order valence-electron chi connectivity index (χ2n) is 4.10. The van der Waals surface area contributed by atoms with Crippen molar-refractivity contribution in [3.8, 4) is 0 Å². The minimum absolute atomic E-state index is 0.301. The van der Waals surface area contributed by atoms with Crippen molar-refractivity contribution in [2.75, 3.05) is 6.26 Å². The van der Waals surface area contributed by atoms with Crippen molar-refractivity contribution in [1.29, 1.82) is 0 Å². The molecule has 0 unspecified atom stereocenters. The Labute approximate surface area is 111 Å². The largest absolute Gasteiger partial charge is 0.268 e. The van der Waals surface area contributed by atoms with E-state index in [0.717, 1.165) is 11.8 Å². The van der Waals surface area contributed by atoms with Crippen LogP contribution in [0, 0.1) is 0 Å². The molecule has 0 bridgehead atoms. The number of carbonyl (C=O) groups excluding carboxylic acids is 1. The summed E-state index contributed by atoms with van der Waals surface area (Å²) in [5, 5.41) is 4.08. The first-order valence-corrected chi connectivity index (χ1v) is 7.42. The van der Waals surface area contributed by atoms with E-state index in [1.54, 1.807) is 35.1 Å². The Morgan fingerprint density at radius 1 is 1.32 bits per heavy atom. The smallest absolute Gasteiger partial charge is 0.264 e. The van der Waals surface area contributed by atoms with Crippen LogP contribution in [0.5, 0.6) is 0 Å². The van der Waals surface area contributed by atoms with Gasteiger partial charge in [-0.25, -0.2) is 13.1 Å². The minimum Gasteiger partial charge on any atom is -0.268 e. The molecule has 1 aromatic heterocycles. The van der Waals surface area contributed by atoms with E-state index >= 15 is 0 Å². The van der Waals surface area contributed by atoms with Crippen LogP contribution in [0.25, 0.3) is 0 Å². The van der Waals surface area contributed by atoms with Gasteiger partial charge >= 0.3 is 0 Å². The summed E-state index contributed by atoms with van der Waals surface area (Å²) in [6.45, 7) is 0.598. The predicted octanol–water partition coefficient (Wildman–Crippen LogP) is 0.621. The first kappa shape index (κ1) is 13.3. The van der Waals surface area contributed by atoms with Crippen LogP contribution in [-0.4, -0.2) is 30.4 Å². The van der Waals surface area contributed by atoms with Crippen LogP contribution >= 0.6 is 0 Å². The minimum atomic E-state index is -3.54. The Morgan fingerprint density at radius 2 is 2.00 bits per heavy atom. The van der Waals surface area contributed by atoms with Gasteiger partial charge in [0.15, 0.2) is 0 Å². The zero-order valence-electron chi connectivity index (χ0n) is 10.3. The standard InChI is InChI=1S/C12H13N3O3S/c1-19(17,18)14-12(16)11-5-3-10(4-6-11)9-15-8-2-7-13-15/h2-8H,9H2,1H3,(H,14,16). The van der Waals surface area contributed by atoms with Crippen molar-refractivity contribution >= 4 is 15.9 Å². The third kappa shape index (κ3) is 3.92. The van der Waals surface area contributed by atoms with Crippen LogP contribution in [0.3, 0.4) is 0 Å². The van der Waals surface area contributed by atoms with Crippen molar-refractivity contribution in [3.05, 3.63) is 53.9 Å². The van der Waals surface area contributed by atoms with Crippen LogP contribution in [0.4, 0.5) is 0 Å². The molecule has 6 nitrogen and oxygen atoms in total. The van der Waals surface area contributed by atoms with E-state index in [4.69, 9.17) is 0 Å². The summed E-state index contributed by atoms with van der Waals surface area (Å²) in [6, 6.07) is 8.52. The molecule has 1 heterocycles. The highest BCUT2D eigenvalue weighted by atomic mass is 32.2. The fourth-order valence-electron chi connectivity index (χ4n) is 1.57. The molecular formula is C12H13N3O3S. The molecule has 0 saturated carbocycles. The van der Waals surface area contributed by atoms with E-state index in [1.165, 1.54) is 0 Å². The molecule has 2 aromatic rings. The molecule has 7 heteroatoms. The number of carbonyl (C=O) groups is 1. The summed E-state index contributed by atoms with van der Waals surface area (Å²) in [5.41, 5.74) is 1.27. The number of nitrogens with zero attached hydrogens (tertiary/aromatic N) is 2. The van der Waals surface area contributed by atoms with Crippen molar-refractivity contribution in [1.82, 2.24) is 14.5 Å². The number of rotatable bonds is 4. The monoisotopic (exact) mass is 279 g/mol. The Bertz CT molecular complexity index is 661. The number of amides is 1. The second-order valence-corrected chi connectivity index (χ2v) is 5.85. The lowest BCUT2D eigenvalue weighted by Gasteiger charge is -2.05. The van der Waals surface area contributed by atoms with Crippen LogP contribution in [0.15, 0.2) is 42.7 Å². The van der Waals surface area contributed by atoms with E-state index in [1.807, 2.05) is 17.0 Å². The lowest BCUT2D eigenvalue weighted by molar-refractivity contribution is 0.0981. The third-order valence-electron chi connectivity index (χ3n) is 2.40. The molecule has 0 saturated heterocycles. The molecule has 100 valence electrons. The van der Waals surface area contributed by atoms with E-state index in [-0.39, 0.29) is 0 Å². The number of hydrogen-bond acceptors (Lipinski definition) is 4. The summed E-state index contributed by atoms with van der Waals surface area (Å²) in [6.07, 6.45) is 4.47. The molecule has 1 aromatic carbocycles. The van der Waals surface area contributed by atoms with Gasteiger partial charge in [0.2, 0.25) is 10.0 Å². The predicted molar refractivity (Wildman–Crippen MR) is 70.1 cm³/mol. The van der Waals surface area contributed by atoms with Gasteiger partial charge in [-0.3, -0.25) is 9.48 Å².